The van der Waals surface area contributed by atoms with E-state index >= 15 is 0 Å². The number of hydrogen-bond donors (Lipinski definition) is 0. The quantitative estimate of drug-likeness (QED) is 0.673. The molecule has 24 heavy (non-hydrogen) atoms. The predicted molar refractivity (Wildman–Crippen MR) is 96.8 cm³/mol. The minimum atomic E-state index is -1.69. The molecule has 1 aromatic heterocycles. The summed E-state index contributed by atoms with van der Waals surface area (Å²) in [5.41, 5.74) is 0.872. The van der Waals surface area contributed by atoms with E-state index in [0.29, 0.717) is 18.2 Å². The monoisotopic (exact) mass is 387 g/mol. The summed E-state index contributed by atoms with van der Waals surface area (Å²) in [5, 5.41) is 0. The van der Waals surface area contributed by atoms with Crippen molar-refractivity contribution in [3.05, 3.63) is 41.7 Å². The van der Waals surface area contributed by atoms with Crippen LogP contribution in [-0.2, 0) is 3.79 Å². The van der Waals surface area contributed by atoms with Crippen molar-refractivity contribution in [3.8, 4) is 11.5 Å². The Morgan fingerprint density at radius 2 is 1.83 bits per heavy atom. The summed E-state index contributed by atoms with van der Waals surface area (Å²) in [5.74, 6) is 1.87. The molecule has 0 unspecified atom stereocenters. The lowest BCUT2D eigenvalue weighted by molar-refractivity contribution is 0.314. The molecule has 0 aliphatic rings. The molecule has 0 bridgehead atoms. The zero-order chi connectivity index (χ0) is 17.6. The van der Waals surface area contributed by atoms with Crippen LogP contribution in [0, 0.1) is 0 Å². The summed E-state index contributed by atoms with van der Waals surface area (Å²) < 4.78 is 9.24. The largest absolute Gasteiger partial charge is 0.497 e. The van der Waals surface area contributed by atoms with Gasteiger partial charge >= 0.3 is 0 Å². The number of halogens is 3. The fourth-order valence-electron chi connectivity index (χ4n) is 1.81. The van der Waals surface area contributed by atoms with E-state index < -0.39 is 3.79 Å². The normalized spacial score (nSPS) is 11.7. The Morgan fingerprint density at radius 1 is 1.08 bits per heavy atom. The highest BCUT2D eigenvalue weighted by molar-refractivity contribution is 6.66. The average Bonchev–Trinajstić information content (AvgIpc) is 2.57. The lowest BCUT2D eigenvalue weighted by Crippen LogP contribution is -2.08. The third-order valence-corrected chi connectivity index (χ3v) is 3.39. The van der Waals surface area contributed by atoms with Crippen molar-refractivity contribution < 1.29 is 9.47 Å². The molecular formula is C16H16Cl3N3O2. The van der Waals surface area contributed by atoms with Gasteiger partial charge in [-0.15, -0.1) is 0 Å². The number of methoxy groups -OCH3 is 1. The second-order valence-corrected chi connectivity index (χ2v) is 7.07. The number of aromatic nitrogens is 3. The molecule has 0 amide bonds. The molecule has 0 aliphatic carbocycles. The molecule has 0 saturated heterocycles. The predicted octanol–water partition coefficient (Wildman–Crippen LogP) is 4.67. The van der Waals surface area contributed by atoms with Crippen LogP contribution in [-0.4, -0.2) is 28.7 Å². The second-order valence-electron chi connectivity index (χ2n) is 4.79. The number of alkyl halides is 3. The van der Waals surface area contributed by atoms with Gasteiger partial charge in [0.25, 0.3) is 0 Å². The molecule has 0 aliphatic heterocycles. The average molecular weight is 389 g/mol. The second kappa shape index (κ2) is 8.51. The van der Waals surface area contributed by atoms with Crippen molar-refractivity contribution in [2.45, 2.75) is 17.1 Å². The lowest BCUT2D eigenvalue weighted by atomic mass is 10.2. The maximum Gasteiger partial charge on any atom is 0.250 e. The fourth-order valence-corrected chi connectivity index (χ4v) is 2.08. The van der Waals surface area contributed by atoms with E-state index in [4.69, 9.17) is 44.3 Å². The third-order valence-electron chi connectivity index (χ3n) is 2.88. The first-order valence-electron chi connectivity index (χ1n) is 7.18. The Hall–Kier alpha value is -1.56. The number of benzene rings is 1. The number of ether oxygens (including phenoxy) is 2. The van der Waals surface area contributed by atoms with E-state index in [1.807, 2.05) is 31.2 Å². The van der Waals surface area contributed by atoms with Gasteiger partial charge in [-0.1, -0.05) is 47.8 Å². The summed E-state index contributed by atoms with van der Waals surface area (Å²) in [6, 6.07) is 5.59. The van der Waals surface area contributed by atoms with Gasteiger partial charge in [-0.3, -0.25) is 0 Å². The van der Waals surface area contributed by atoms with Crippen molar-refractivity contribution in [3.63, 3.8) is 0 Å². The van der Waals surface area contributed by atoms with Crippen LogP contribution in [0.1, 0.15) is 30.6 Å². The van der Waals surface area contributed by atoms with E-state index in [2.05, 4.69) is 15.0 Å². The van der Waals surface area contributed by atoms with Crippen LogP contribution in [0.4, 0.5) is 0 Å². The maximum atomic E-state index is 5.78. The van der Waals surface area contributed by atoms with Crippen molar-refractivity contribution in [1.82, 2.24) is 15.0 Å². The van der Waals surface area contributed by atoms with Crippen molar-refractivity contribution >= 4 is 47.0 Å². The van der Waals surface area contributed by atoms with E-state index in [1.54, 1.807) is 13.2 Å². The summed E-state index contributed by atoms with van der Waals surface area (Å²) in [6.45, 7) is 2.68. The Bertz CT molecular complexity index is 718. The van der Waals surface area contributed by atoms with E-state index in [9.17, 15) is 0 Å². The van der Waals surface area contributed by atoms with Crippen LogP contribution >= 0.6 is 34.8 Å². The summed E-state index contributed by atoms with van der Waals surface area (Å²) in [6.07, 6.45) is 5.73. The van der Waals surface area contributed by atoms with Gasteiger partial charge in [-0.25, -0.2) is 15.0 Å². The van der Waals surface area contributed by atoms with Gasteiger partial charge in [0.05, 0.1) is 13.7 Å². The molecule has 128 valence electrons. The third kappa shape index (κ3) is 5.51. The molecule has 0 saturated carbocycles. The summed E-state index contributed by atoms with van der Waals surface area (Å²) >= 11 is 17.3. The molecule has 0 fully saturated rings. The van der Waals surface area contributed by atoms with Crippen LogP contribution in [0.3, 0.4) is 0 Å². The number of rotatable bonds is 6. The standard InChI is InChI=1S/C16H16Cl3N3O2/c1-3-6-24-13-8-11(7-12(9-13)23-2)4-5-14-20-10-21-15(22-14)16(17,18)19/h4-5,7-10H,3,6H2,1-2H3. The SMILES string of the molecule is CCCOc1cc(C=Cc2ncnc(C(Cl)(Cl)Cl)n2)cc(OC)c1. The smallest absolute Gasteiger partial charge is 0.250 e. The Labute approximate surface area is 155 Å². The maximum absolute atomic E-state index is 5.78. The van der Waals surface area contributed by atoms with Gasteiger partial charge < -0.3 is 9.47 Å². The first-order valence-corrected chi connectivity index (χ1v) is 8.32. The topological polar surface area (TPSA) is 57.1 Å². The molecule has 0 radical (unpaired) electrons. The van der Waals surface area contributed by atoms with Crippen LogP contribution < -0.4 is 9.47 Å². The molecule has 2 rings (SSSR count). The highest BCUT2D eigenvalue weighted by atomic mass is 35.6. The van der Waals surface area contributed by atoms with E-state index in [1.165, 1.54) is 6.33 Å². The van der Waals surface area contributed by atoms with Crippen molar-refractivity contribution in [2.24, 2.45) is 0 Å². The summed E-state index contributed by atoms with van der Waals surface area (Å²) in [4.78, 5) is 12.0. The Balaban J connectivity index is 2.25. The van der Waals surface area contributed by atoms with Crippen LogP contribution in [0.15, 0.2) is 24.5 Å². The number of hydrogen-bond acceptors (Lipinski definition) is 5. The molecule has 1 aromatic carbocycles. The molecular weight excluding hydrogens is 373 g/mol. The Kier molecular flexibility index (Phi) is 6.66. The minimum Gasteiger partial charge on any atom is -0.497 e. The molecule has 5 nitrogen and oxygen atoms in total. The minimum absolute atomic E-state index is 0.0692. The van der Waals surface area contributed by atoms with Crippen LogP contribution in [0.2, 0.25) is 0 Å². The van der Waals surface area contributed by atoms with Gasteiger partial charge in [-0.05, 0) is 30.2 Å². The van der Waals surface area contributed by atoms with Gasteiger partial charge in [0.15, 0.2) is 11.6 Å². The first kappa shape index (κ1) is 18.8. The fraction of sp³-hybridized carbons (Fsp3) is 0.312. The van der Waals surface area contributed by atoms with Crippen LogP contribution in [0.5, 0.6) is 11.5 Å². The highest BCUT2D eigenvalue weighted by Crippen LogP contribution is 2.35. The van der Waals surface area contributed by atoms with Crippen molar-refractivity contribution in [1.29, 1.82) is 0 Å². The van der Waals surface area contributed by atoms with Crippen molar-refractivity contribution in [2.75, 3.05) is 13.7 Å². The van der Waals surface area contributed by atoms with E-state index in [-0.39, 0.29) is 5.82 Å². The molecule has 1 heterocycles. The van der Waals surface area contributed by atoms with Gasteiger partial charge in [0, 0.05) is 6.07 Å². The van der Waals surface area contributed by atoms with E-state index in [0.717, 1.165) is 17.7 Å². The zero-order valence-electron chi connectivity index (χ0n) is 13.2. The molecule has 0 N–H and O–H groups in total. The Morgan fingerprint density at radius 3 is 2.50 bits per heavy atom. The van der Waals surface area contributed by atoms with Gasteiger partial charge in [0.1, 0.15) is 17.8 Å². The first-order chi connectivity index (χ1) is 11.4. The van der Waals surface area contributed by atoms with Gasteiger partial charge in [0.2, 0.25) is 3.79 Å². The molecule has 8 heteroatoms. The molecule has 2 aromatic rings. The molecule has 0 atom stereocenters. The van der Waals surface area contributed by atoms with Gasteiger partial charge in [-0.2, -0.15) is 0 Å². The van der Waals surface area contributed by atoms with Crippen LogP contribution in [0.25, 0.3) is 12.2 Å². The zero-order valence-corrected chi connectivity index (χ0v) is 15.4. The molecule has 0 spiro atoms. The summed E-state index contributed by atoms with van der Waals surface area (Å²) in [7, 11) is 1.60. The lowest BCUT2D eigenvalue weighted by Gasteiger charge is -2.09. The number of nitrogens with zero attached hydrogens (tertiary/aromatic N) is 3. The highest BCUT2D eigenvalue weighted by Gasteiger charge is 2.26.